The van der Waals surface area contributed by atoms with Gasteiger partial charge in [-0.2, -0.15) is 0 Å². The average molecular weight is 267 g/mol. The van der Waals surface area contributed by atoms with E-state index in [1.807, 2.05) is 0 Å². The van der Waals surface area contributed by atoms with Crippen molar-refractivity contribution >= 4 is 11.6 Å². The smallest absolute Gasteiger partial charge is 0.0872 e. The Morgan fingerprint density at radius 2 is 1.94 bits per heavy atom. The van der Waals surface area contributed by atoms with Crippen molar-refractivity contribution in [3.63, 3.8) is 0 Å². The highest BCUT2D eigenvalue weighted by molar-refractivity contribution is 6.21. The van der Waals surface area contributed by atoms with Gasteiger partial charge in [-0.25, -0.2) is 0 Å². The molecule has 0 aliphatic carbocycles. The molecular formula is C16H23ClO. The van der Waals surface area contributed by atoms with Crippen LogP contribution in [0.2, 0.25) is 0 Å². The normalized spacial score (nSPS) is 25.6. The quantitative estimate of drug-likeness (QED) is 0.716. The molecule has 0 saturated carbocycles. The van der Waals surface area contributed by atoms with E-state index < -0.39 is 0 Å². The van der Waals surface area contributed by atoms with Gasteiger partial charge in [-0.15, -0.1) is 11.6 Å². The van der Waals surface area contributed by atoms with Gasteiger partial charge in [-0.05, 0) is 43.2 Å². The first-order chi connectivity index (χ1) is 8.51. The molecule has 1 nitrogen and oxygen atoms in total. The maximum absolute atomic E-state index is 6.59. The van der Waals surface area contributed by atoms with Crippen LogP contribution in [-0.4, -0.2) is 12.2 Å². The SMILES string of the molecule is CC(C)Cc1ccc(C(Cl)C2(C)CCCO2)cc1. The van der Waals surface area contributed by atoms with Gasteiger partial charge < -0.3 is 4.74 Å². The molecule has 2 atom stereocenters. The van der Waals surface area contributed by atoms with Crippen molar-refractivity contribution in [3.05, 3.63) is 35.4 Å². The minimum absolute atomic E-state index is 0.0481. The lowest BCUT2D eigenvalue weighted by Gasteiger charge is -2.29. The Labute approximate surface area is 115 Å². The van der Waals surface area contributed by atoms with Crippen molar-refractivity contribution in [3.8, 4) is 0 Å². The molecule has 1 saturated heterocycles. The zero-order valence-electron chi connectivity index (χ0n) is 11.6. The summed E-state index contributed by atoms with van der Waals surface area (Å²) in [6.07, 6.45) is 3.29. The van der Waals surface area contributed by atoms with Crippen LogP contribution in [0.4, 0.5) is 0 Å². The molecule has 18 heavy (non-hydrogen) atoms. The summed E-state index contributed by atoms with van der Waals surface area (Å²) in [5, 5.41) is -0.0481. The number of ether oxygens (including phenoxy) is 1. The Morgan fingerprint density at radius 3 is 2.44 bits per heavy atom. The van der Waals surface area contributed by atoms with Crippen molar-refractivity contribution in [1.29, 1.82) is 0 Å². The Hall–Kier alpha value is -0.530. The van der Waals surface area contributed by atoms with Crippen molar-refractivity contribution < 1.29 is 4.74 Å². The highest BCUT2D eigenvalue weighted by Crippen LogP contribution is 2.41. The Bertz CT molecular complexity index is 377. The van der Waals surface area contributed by atoms with Crippen LogP contribution in [0, 0.1) is 5.92 Å². The van der Waals surface area contributed by atoms with E-state index >= 15 is 0 Å². The zero-order valence-corrected chi connectivity index (χ0v) is 12.3. The van der Waals surface area contributed by atoms with Crippen LogP contribution in [0.5, 0.6) is 0 Å². The highest BCUT2D eigenvalue weighted by Gasteiger charge is 2.38. The summed E-state index contributed by atoms with van der Waals surface area (Å²) in [5.74, 6) is 0.693. The number of hydrogen-bond donors (Lipinski definition) is 0. The summed E-state index contributed by atoms with van der Waals surface area (Å²) in [6.45, 7) is 7.45. The molecule has 2 rings (SSSR count). The molecule has 0 aromatic heterocycles. The second kappa shape index (κ2) is 5.63. The van der Waals surface area contributed by atoms with Crippen molar-refractivity contribution in [2.45, 2.75) is 51.0 Å². The molecule has 1 aliphatic rings. The predicted octanol–water partition coefficient (Wildman–Crippen LogP) is 4.73. The molecule has 1 fully saturated rings. The van der Waals surface area contributed by atoms with Gasteiger partial charge in [-0.1, -0.05) is 38.1 Å². The van der Waals surface area contributed by atoms with E-state index in [1.165, 1.54) is 11.1 Å². The third-order valence-electron chi connectivity index (χ3n) is 3.70. The van der Waals surface area contributed by atoms with E-state index in [1.54, 1.807) is 0 Å². The first kappa shape index (κ1) is 13.9. The molecule has 0 N–H and O–H groups in total. The summed E-state index contributed by atoms with van der Waals surface area (Å²) < 4.78 is 5.82. The van der Waals surface area contributed by atoms with E-state index in [0.717, 1.165) is 25.9 Å². The summed E-state index contributed by atoms with van der Waals surface area (Å²) in [5.41, 5.74) is 2.37. The van der Waals surface area contributed by atoms with Gasteiger partial charge in [0.2, 0.25) is 0 Å². The van der Waals surface area contributed by atoms with Crippen molar-refractivity contribution in [1.82, 2.24) is 0 Å². The zero-order chi connectivity index (χ0) is 13.2. The number of halogens is 1. The van der Waals surface area contributed by atoms with Gasteiger partial charge >= 0.3 is 0 Å². The maximum atomic E-state index is 6.59. The van der Waals surface area contributed by atoms with Crippen molar-refractivity contribution in [2.75, 3.05) is 6.61 Å². The van der Waals surface area contributed by atoms with E-state index in [9.17, 15) is 0 Å². The van der Waals surface area contributed by atoms with Gasteiger partial charge in [0.15, 0.2) is 0 Å². The highest BCUT2D eigenvalue weighted by atomic mass is 35.5. The van der Waals surface area contributed by atoms with Crippen LogP contribution in [0.25, 0.3) is 0 Å². The fourth-order valence-corrected chi connectivity index (χ4v) is 2.96. The lowest BCUT2D eigenvalue weighted by molar-refractivity contribution is 0.0164. The summed E-state index contributed by atoms with van der Waals surface area (Å²) >= 11 is 6.59. The molecule has 0 amide bonds. The molecule has 1 aromatic carbocycles. The fraction of sp³-hybridized carbons (Fsp3) is 0.625. The van der Waals surface area contributed by atoms with Gasteiger partial charge in [-0.3, -0.25) is 0 Å². The Morgan fingerprint density at radius 1 is 1.28 bits per heavy atom. The molecule has 1 heterocycles. The molecule has 100 valence electrons. The molecule has 0 bridgehead atoms. The van der Waals surface area contributed by atoms with Gasteiger partial charge in [0.05, 0.1) is 11.0 Å². The van der Waals surface area contributed by atoms with Gasteiger partial charge in [0.25, 0.3) is 0 Å². The maximum Gasteiger partial charge on any atom is 0.0872 e. The van der Waals surface area contributed by atoms with E-state index in [2.05, 4.69) is 45.0 Å². The van der Waals surface area contributed by atoms with Crippen LogP contribution in [-0.2, 0) is 11.2 Å². The first-order valence-electron chi connectivity index (χ1n) is 6.88. The van der Waals surface area contributed by atoms with Crippen LogP contribution in [0.1, 0.15) is 50.1 Å². The van der Waals surface area contributed by atoms with Gasteiger partial charge in [0.1, 0.15) is 0 Å². The molecule has 2 heteroatoms. The number of hydrogen-bond acceptors (Lipinski definition) is 1. The second-order valence-corrected chi connectivity index (χ2v) is 6.40. The number of alkyl halides is 1. The number of benzene rings is 1. The lowest BCUT2D eigenvalue weighted by atomic mass is 9.92. The van der Waals surface area contributed by atoms with Crippen LogP contribution >= 0.6 is 11.6 Å². The van der Waals surface area contributed by atoms with Crippen molar-refractivity contribution in [2.24, 2.45) is 5.92 Å². The van der Waals surface area contributed by atoms with E-state index in [4.69, 9.17) is 16.3 Å². The van der Waals surface area contributed by atoms with Crippen LogP contribution in [0.15, 0.2) is 24.3 Å². The van der Waals surface area contributed by atoms with Gasteiger partial charge in [0, 0.05) is 6.61 Å². The molecular weight excluding hydrogens is 244 g/mol. The van der Waals surface area contributed by atoms with Crippen LogP contribution < -0.4 is 0 Å². The topological polar surface area (TPSA) is 9.23 Å². The Balaban J connectivity index is 2.09. The Kier molecular flexibility index (Phi) is 4.34. The molecule has 1 aliphatic heterocycles. The minimum Gasteiger partial charge on any atom is -0.373 e. The predicted molar refractivity (Wildman–Crippen MR) is 77.2 cm³/mol. The largest absolute Gasteiger partial charge is 0.373 e. The monoisotopic (exact) mass is 266 g/mol. The minimum atomic E-state index is -0.193. The van der Waals surface area contributed by atoms with E-state index in [0.29, 0.717) is 5.92 Å². The molecule has 1 aromatic rings. The second-order valence-electron chi connectivity index (χ2n) is 5.97. The summed E-state index contributed by atoms with van der Waals surface area (Å²) in [7, 11) is 0. The first-order valence-corrected chi connectivity index (χ1v) is 7.32. The summed E-state index contributed by atoms with van der Waals surface area (Å²) in [4.78, 5) is 0. The standard InChI is InChI=1S/C16H23ClO/c1-12(2)11-13-5-7-14(8-6-13)15(17)16(3)9-4-10-18-16/h5-8,12,15H,4,9-11H2,1-3H3. The third kappa shape index (κ3) is 3.07. The average Bonchev–Trinajstić information content (AvgIpc) is 2.77. The lowest BCUT2D eigenvalue weighted by Crippen LogP contribution is -2.28. The third-order valence-corrected chi connectivity index (χ3v) is 4.42. The summed E-state index contributed by atoms with van der Waals surface area (Å²) in [6, 6.07) is 8.71. The van der Waals surface area contributed by atoms with E-state index in [-0.39, 0.29) is 11.0 Å². The fourth-order valence-electron chi connectivity index (χ4n) is 2.65. The van der Waals surface area contributed by atoms with Crippen LogP contribution in [0.3, 0.4) is 0 Å². The molecule has 2 unspecified atom stereocenters. The number of rotatable bonds is 4. The molecule has 0 spiro atoms. The molecule has 0 radical (unpaired) electrons.